The minimum atomic E-state index is -1.85. The number of rotatable bonds is 12. The quantitative estimate of drug-likeness (QED) is 0.0873. The van der Waals surface area contributed by atoms with Crippen molar-refractivity contribution in [2.75, 3.05) is 13.2 Å². The van der Waals surface area contributed by atoms with Crippen LogP contribution in [0.15, 0.2) is 102 Å². The number of esters is 5. The zero-order valence-electron chi connectivity index (χ0n) is 27.8. The van der Waals surface area contributed by atoms with Crippen molar-refractivity contribution in [1.82, 2.24) is 0 Å². The van der Waals surface area contributed by atoms with Crippen molar-refractivity contribution in [3.05, 3.63) is 119 Å². The van der Waals surface area contributed by atoms with Gasteiger partial charge in [0.15, 0.2) is 24.0 Å². The molecule has 2 N–H and O–H groups in total. The fraction of sp³-hybridized carbons (Fsp3) is 0.297. The van der Waals surface area contributed by atoms with Gasteiger partial charge in [0, 0.05) is 0 Å². The predicted octanol–water partition coefficient (Wildman–Crippen LogP) is 4.80. The van der Waals surface area contributed by atoms with Crippen LogP contribution in [0.1, 0.15) is 58.8 Å². The van der Waals surface area contributed by atoms with Crippen LogP contribution in [0, 0.1) is 5.41 Å². The largest absolute Gasteiger partial charge is 0.508 e. The minimum Gasteiger partial charge on any atom is -0.508 e. The third-order valence-corrected chi connectivity index (χ3v) is 7.06. The van der Waals surface area contributed by atoms with Gasteiger partial charge < -0.3 is 33.5 Å². The molecule has 3 aromatic rings. The van der Waals surface area contributed by atoms with E-state index in [2.05, 4.69) is 0 Å². The van der Waals surface area contributed by atoms with Crippen LogP contribution in [0.4, 0.5) is 0 Å². The first-order chi connectivity index (χ1) is 23.8. The molecule has 0 aromatic heterocycles. The zero-order chi connectivity index (χ0) is 36.4. The molecule has 1 aliphatic heterocycles. The van der Waals surface area contributed by atoms with Crippen LogP contribution in [0.5, 0.6) is 0 Å². The Morgan fingerprint density at radius 3 is 1.62 bits per heavy atom. The molecule has 4 atom stereocenters. The SMILES string of the molecule is CCOC(=O)C(=N)/C(C(=O)OC(C)(C)C)=C(/O)[C@@H]1O[C@H](COC(=O)c2ccccc2)[C@@H](OC(=O)c2ccccc2)[C@H]1OC(=O)c1ccccc1. The summed E-state index contributed by atoms with van der Waals surface area (Å²) in [4.78, 5) is 65.9. The normalized spacial score (nSPS) is 19.0. The lowest BCUT2D eigenvalue weighted by Gasteiger charge is -2.25. The Morgan fingerprint density at radius 2 is 1.16 bits per heavy atom. The number of aliphatic hydroxyl groups excluding tert-OH is 1. The first kappa shape index (κ1) is 37.0. The summed E-state index contributed by atoms with van der Waals surface area (Å²) in [5, 5.41) is 20.2. The zero-order valence-corrected chi connectivity index (χ0v) is 27.8. The summed E-state index contributed by atoms with van der Waals surface area (Å²) >= 11 is 0. The van der Waals surface area contributed by atoms with Crippen molar-refractivity contribution in [2.24, 2.45) is 0 Å². The molecular formula is C37H37NO12. The van der Waals surface area contributed by atoms with E-state index in [1.165, 1.54) is 64.1 Å². The summed E-state index contributed by atoms with van der Waals surface area (Å²) in [6.07, 6.45) is -6.55. The predicted molar refractivity (Wildman–Crippen MR) is 177 cm³/mol. The van der Waals surface area contributed by atoms with Crippen molar-refractivity contribution in [2.45, 2.75) is 57.7 Å². The van der Waals surface area contributed by atoms with Crippen molar-refractivity contribution in [1.29, 1.82) is 5.41 Å². The molecule has 0 bridgehead atoms. The number of nitrogens with one attached hydrogen (secondary N) is 1. The molecule has 13 heteroatoms. The summed E-state index contributed by atoms with van der Waals surface area (Å²) in [5.74, 6) is -6.19. The first-order valence-electron chi connectivity index (χ1n) is 15.6. The number of benzene rings is 3. The number of carbonyl (C=O) groups excluding carboxylic acids is 5. The van der Waals surface area contributed by atoms with Crippen molar-refractivity contribution in [3.63, 3.8) is 0 Å². The molecule has 1 fully saturated rings. The lowest BCUT2D eigenvalue weighted by atomic mass is 10.00. The molecule has 50 heavy (non-hydrogen) atoms. The molecule has 0 aliphatic carbocycles. The van der Waals surface area contributed by atoms with Crippen molar-refractivity contribution >= 4 is 35.6 Å². The molecule has 1 aliphatic rings. The summed E-state index contributed by atoms with van der Waals surface area (Å²) in [5.41, 5.74) is -2.78. The standard InChI is InChI=1S/C37H37NO12/c1-5-45-36(44)27(38)26(35(43)50-37(2,3)4)28(39)30-31(49-34(42)24-19-13-8-14-20-24)29(48-33(41)23-17-11-7-12-18-23)25(47-30)21-46-32(40)22-15-9-6-10-16-22/h6-20,25,29-31,38-39H,5,21H2,1-4H3/b28-26-,38-27?/t25-,29-,30+,31-/m1/s1. The molecule has 0 saturated carbocycles. The van der Waals surface area contributed by atoms with E-state index in [0.29, 0.717) is 0 Å². The number of carbonyl (C=O) groups is 5. The van der Waals surface area contributed by atoms with Gasteiger partial charge in [-0.25, -0.2) is 24.0 Å². The van der Waals surface area contributed by atoms with Crippen molar-refractivity contribution < 1.29 is 57.5 Å². The molecule has 0 radical (unpaired) electrons. The van der Waals surface area contributed by atoms with E-state index < -0.39 is 83.5 Å². The molecule has 13 nitrogen and oxygen atoms in total. The summed E-state index contributed by atoms with van der Waals surface area (Å²) in [7, 11) is 0. The Kier molecular flexibility index (Phi) is 12.2. The van der Waals surface area contributed by atoms with Gasteiger partial charge in [-0.1, -0.05) is 54.6 Å². The second-order valence-corrected chi connectivity index (χ2v) is 11.9. The number of aliphatic hydroxyl groups is 1. The summed E-state index contributed by atoms with van der Waals surface area (Å²) in [6, 6.07) is 23.6. The van der Waals surface area contributed by atoms with Crippen molar-refractivity contribution in [3.8, 4) is 0 Å². The van der Waals surface area contributed by atoms with Crippen LogP contribution < -0.4 is 0 Å². The third-order valence-electron chi connectivity index (χ3n) is 7.06. The van der Waals surface area contributed by atoms with Gasteiger partial charge in [0.25, 0.3) is 0 Å². The first-order valence-corrected chi connectivity index (χ1v) is 15.6. The average Bonchev–Trinajstić information content (AvgIpc) is 3.43. The Bertz CT molecular complexity index is 1730. The van der Waals surface area contributed by atoms with E-state index in [4.69, 9.17) is 33.8 Å². The number of hydrogen-bond acceptors (Lipinski definition) is 13. The molecule has 1 heterocycles. The molecule has 3 aromatic carbocycles. The Morgan fingerprint density at radius 1 is 0.700 bits per heavy atom. The van der Waals surface area contributed by atoms with Gasteiger partial charge in [-0.15, -0.1) is 0 Å². The molecular weight excluding hydrogens is 650 g/mol. The fourth-order valence-corrected chi connectivity index (χ4v) is 4.81. The summed E-state index contributed by atoms with van der Waals surface area (Å²) < 4.78 is 33.5. The maximum absolute atomic E-state index is 13.4. The van der Waals surface area contributed by atoms with Gasteiger partial charge in [0.05, 0.1) is 23.3 Å². The number of hydrogen-bond donors (Lipinski definition) is 2. The molecule has 4 rings (SSSR count). The highest BCUT2D eigenvalue weighted by Gasteiger charge is 2.53. The highest BCUT2D eigenvalue weighted by atomic mass is 16.7. The Balaban J connectivity index is 1.83. The monoisotopic (exact) mass is 687 g/mol. The van der Waals surface area contributed by atoms with Crippen LogP contribution in [0.25, 0.3) is 0 Å². The summed E-state index contributed by atoms with van der Waals surface area (Å²) in [6.45, 7) is 5.32. The van der Waals surface area contributed by atoms with E-state index >= 15 is 0 Å². The Labute approximate surface area is 288 Å². The van der Waals surface area contributed by atoms with E-state index in [-0.39, 0.29) is 23.3 Å². The molecule has 0 spiro atoms. The molecule has 0 unspecified atom stereocenters. The van der Waals surface area contributed by atoms with Crippen LogP contribution in [0.3, 0.4) is 0 Å². The van der Waals surface area contributed by atoms with Gasteiger partial charge in [0.2, 0.25) is 0 Å². The van der Waals surface area contributed by atoms with Gasteiger partial charge in [-0.3, -0.25) is 5.41 Å². The van der Waals surface area contributed by atoms with E-state index in [9.17, 15) is 29.1 Å². The van der Waals surface area contributed by atoms with Crippen LogP contribution in [0.2, 0.25) is 0 Å². The highest BCUT2D eigenvalue weighted by Crippen LogP contribution is 2.34. The molecule has 0 amide bonds. The minimum absolute atomic E-state index is 0.0773. The van der Waals surface area contributed by atoms with E-state index in [1.54, 1.807) is 54.6 Å². The smallest absolute Gasteiger partial charge is 0.357 e. The van der Waals surface area contributed by atoms with Gasteiger partial charge in [-0.05, 0) is 64.1 Å². The topological polar surface area (TPSA) is 185 Å². The van der Waals surface area contributed by atoms with Crippen LogP contribution in [-0.4, -0.2) is 83.9 Å². The van der Waals surface area contributed by atoms with Gasteiger partial charge >= 0.3 is 29.8 Å². The van der Waals surface area contributed by atoms with E-state index in [1.807, 2.05) is 0 Å². The lowest BCUT2D eigenvalue weighted by Crippen LogP contribution is -2.43. The lowest BCUT2D eigenvalue weighted by molar-refractivity contribution is -0.150. The highest BCUT2D eigenvalue weighted by molar-refractivity contribution is 6.48. The maximum Gasteiger partial charge on any atom is 0.357 e. The van der Waals surface area contributed by atoms with Gasteiger partial charge in [0.1, 0.15) is 29.6 Å². The third kappa shape index (κ3) is 9.41. The number of ether oxygens (including phenoxy) is 6. The van der Waals surface area contributed by atoms with E-state index in [0.717, 1.165) is 0 Å². The fourth-order valence-electron chi connectivity index (χ4n) is 4.81. The Hall–Kier alpha value is -5.82. The van der Waals surface area contributed by atoms with Crippen LogP contribution in [-0.2, 0) is 38.0 Å². The second-order valence-electron chi connectivity index (χ2n) is 11.9. The molecule has 1 saturated heterocycles. The molecule has 262 valence electrons. The maximum atomic E-state index is 13.4. The second kappa shape index (κ2) is 16.5. The van der Waals surface area contributed by atoms with Gasteiger partial charge in [-0.2, -0.15) is 0 Å². The average molecular weight is 688 g/mol. The van der Waals surface area contributed by atoms with Crippen LogP contribution >= 0.6 is 0 Å².